The Morgan fingerprint density at radius 3 is 1.86 bits per heavy atom. The van der Waals surface area contributed by atoms with Crippen LogP contribution in [0, 0.1) is 0 Å². The summed E-state index contributed by atoms with van der Waals surface area (Å²) in [5.41, 5.74) is 0. The molecule has 4 atom stereocenters. The van der Waals surface area contributed by atoms with Gasteiger partial charge in [-0.05, 0) is 19.3 Å². The van der Waals surface area contributed by atoms with Crippen LogP contribution < -0.4 is 0 Å². The van der Waals surface area contributed by atoms with Crippen molar-refractivity contribution in [3.8, 4) is 0 Å². The van der Waals surface area contributed by atoms with Crippen molar-refractivity contribution in [1.29, 1.82) is 0 Å². The summed E-state index contributed by atoms with van der Waals surface area (Å²) in [7, 11) is 0. The first-order valence-corrected chi connectivity index (χ1v) is 9.76. The number of rotatable bonds is 12. The molecule has 0 N–H and O–H groups in total. The molecule has 4 unspecified atom stereocenters. The minimum absolute atomic E-state index is 0.0381. The monoisotopic (exact) mass is 380 g/mol. The highest BCUT2D eigenvalue weighted by molar-refractivity contribution is 9.09. The molecule has 1 saturated heterocycles. The second-order valence-corrected chi connectivity index (χ2v) is 6.73. The number of alkyl halides is 1. The van der Waals surface area contributed by atoms with Crippen molar-refractivity contribution in [3.05, 3.63) is 0 Å². The van der Waals surface area contributed by atoms with Crippen LogP contribution in [-0.2, 0) is 18.9 Å². The summed E-state index contributed by atoms with van der Waals surface area (Å²) in [5.74, 6) is 0. The van der Waals surface area contributed by atoms with Gasteiger partial charge in [0.15, 0.2) is 0 Å². The van der Waals surface area contributed by atoms with Crippen LogP contribution in [0.15, 0.2) is 0 Å². The van der Waals surface area contributed by atoms with E-state index in [-0.39, 0.29) is 23.3 Å². The van der Waals surface area contributed by atoms with Crippen LogP contribution in [0.4, 0.5) is 0 Å². The van der Waals surface area contributed by atoms with Gasteiger partial charge in [-0.25, -0.2) is 0 Å². The van der Waals surface area contributed by atoms with Crippen LogP contribution in [-0.4, -0.2) is 49.8 Å². The highest BCUT2D eigenvalue weighted by Crippen LogP contribution is 2.27. The first-order chi connectivity index (χ1) is 10.7. The Hall–Kier alpha value is 0.320. The molecule has 0 aromatic carbocycles. The lowest BCUT2D eigenvalue weighted by Gasteiger charge is -2.40. The standard InChI is InChI=1S/C17H33BrO4/c1-4-7-10-19-14-13-22-17(18)16(21-12-9-6-3)15(14)20-11-8-5-2/h14-17H,4-13H2,1-3H3. The molecule has 22 heavy (non-hydrogen) atoms. The van der Waals surface area contributed by atoms with Crippen LogP contribution in [0.1, 0.15) is 59.3 Å². The van der Waals surface area contributed by atoms with E-state index in [1.165, 1.54) is 0 Å². The first kappa shape index (κ1) is 20.4. The second-order valence-electron chi connectivity index (χ2n) is 5.83. The average molecular weight is 381 g/mol. The van der Waals surface area contributed by atoms with Crippen LogP contribution >= 0.6 is 15.9 Å². The number of hydrogen-bond acceptors (Lipinski definition) is 4. The molecule has 1 aliphatic rings. The van der Waals surface area contributed by atoms with E-state index >= 15 is 0 Å². The van der Waals surface area contributed by atoms with Crippen molar-refractivity contribution >= 4 is 15.9 Å². The average Bonchev–Trinajstić information content (AvgIpc) is 2.52. The van der Waals surface area contributed by atoms with Gasteiger partial charge >= 0.3 is 0 Å². The molecule has 0 aromatic rings. The Balaban J connectivity index is 2.59. The number of halogens is 1. The Bertz CT molecular complexity index is 265. The van der Waals surface area contributed by atoms with Gasteiger partial charge in [-0.3, -0.25) is 0 Å². The van der Waals surface area contributed by atoms with Crippen molar-refractivity contribution < 1.29 is 18.9 Å². The summed E-state index contributed by atoms with van der Waals surface area (Å²) in [6.45, 7) is 9.31. The van der Waals surface area contributed by atoms with Gasteiger partial charge in [-0.1, -0.05) is 56.0 Å². The molecule has 5 heteroatoms. The molecule has 1 fully saturated rings. The number of hydrogen-bond donors (Lipinski definition) is 0. The summed E-state index contributed by atoms with van der Waals surface area (Å²) in [6, 6.07) is 0. The Morgan fingerprint density at radius 1 is 0.818 bits per heavy atom. The highest BCUT2D eigenvalue weighted by atomic mass is 79.9. The minimum atomic E-state index is -0.123. The van der Waals surface area contributed by atoms with E-state index in [0.29, 0.717) is 6.61 Å². The van der Waals surface area contributed by atoms with Gasteiger partial charge in [0.25, 0.3) is 0 Å². The van der Waals surface area contributed by atoms with E-state index in [2.05, 4.69) is 36.7 Å². The molecular weight excluding hydrogens is 348 g/mol. The smallest absolute Gasteiger partial charge is 0.141 e. The van der Waals surface area contributed by atoms with Crippen molar-refractivity contribution in [2.45, 2.75) is 82.6 Å². The fraction of sp³-hybridized carbons (Fsp3) is 1.00. The fourth-order valence-electron chi connectivity index (χ4n) is 2.36. The van der Waals surface area contributed by atoms with Gasteiger partial charge in [0.2, 0.25) is 0 Å². The van der Waals surface area contributed by atoms with Gasteiger partial charge in [-0.2, -0.15) is 0 Å². The SMILES string of the molecule is CCCCOC1COC(Br)C(OCCCC)C1OCCCC. The summed E-state index contributed by atoms with van der Waals surface area (Å²) in [5, 5.41) is -0.123. The zero-order chi connectivity index (χ0) is 16.2. The van der Waals surface area contributed by atoms with Crippen molar-refractivity contribution in [3.63, 3.8) is 0 Å². The highest BCUT2D eigenvalue weighted by Gasteiger charge is 2.41. The molecule has 0 aromatic heterocycles. The molecule has 1 heterocycles. The van der Waals surface area contributed by atoms with Crippen LogP contribution in [0.25, 0.3) is 0 Å². The van der Waals surface area contributed by atoms with Gasteiger partial charge in [-0.15, -0.1) is 0 Å². The second kappa shape index (κ2) is 12.7. The summed E-state index contributed by atoms with van der Waals surface area (Å²) >= 11 is 3.58. The lowest BCUT2D eigenvalue weighted by molar-refractivity contribution is -0.210. The number of ether oxygens (including phenoxy) is 4. The zero-order valence-corrected chi connectivity index (χ0v) is 16.0. The third-order valence-electron chi connectivity index (χ3n) is 3.81. The third-order valence-corrected chi connectivity index (χ3v) is 4.60. The molecular formula is C17H33BrO4. The molecule has 0 bridgehead atoms. The van der Waals surface area contributed by atoms with Crippen molar-refractivity contribution in [2.24, 2.45) is 0 Å². The predicted octanol–water partition coefficient (Wildman–Crippen LogP) is 4.29. The maximum atomic E-state index is 6.12. The maximum Gasteiger partial charge on any atom is 0.141 e. The molecule has 0 radical (unpaired) electrons. The molecule has 0 saturated carbocycles. The van der Waals surface area contributed by atoms with Crippen LogP contribution in [0.3, 0.4) is 0 Å². The molecule has 0 amide bonds. The Labute approximate surface area is 144 Å². The minimum Gasteiger partial charge on any atom is -0.373 e. The lowest BCUT2D eigenvalue weighted by atomic mass is 10.1. The molecule has 1 aliphatic heterocycles. The van der Waals surface area contributed by atoms with Gasteiger partial charge in [0.05, 0.1) is 6.61 Å². The summed E-state index contributed by atoms with van der Waals surface area (Å²) in [6.07, 6.45) is 6.37. The van der Waals surface area contributed by atoms with Crippen molar-refractivity contribution in [2.75, 3.05) is 26.4 Å². The summed E-state index contributed by atoms with van der Waals surface area (Å²) in [4.78, 5) is 0. The zero-order valence-electron chi connectivity index (χ0n) is 14.4. The molecule has 0 aliphatic carbocycles. The summed E-state index contributed by atoms with van der Waals surface area (Å²) < 4.78 is 23.9. The first-order valence-electron chi connectivity index (χ1n) is 8.85. The molecule has 1 rings (SSSR count). The van der Waals surface area contributed by atoms with E-state index in [0.717, 1.165) is 58.3 Å². The van der Waals surface area contributed by atoms with E-state index in [1.807, 2.05) is 0 Å². The Kier molecular flexibility index (Phi) is 11.8. The maximum absolute atomic E-state index is 6.12. The van der Waals surface area contributed by atoms with Crippen molar-refractivity contribution in [1.82, 2.24) is 0 Å². The predicted molar refractivity (Wildman–Crippen MR) is 92.6 cm³/mol. The largest absolute Gasteiger partial charge is 0.373 e. The molecule has 0 spiro atoms. The van der Waals surface area contributed by atoms with E-state index < -0.39 is 0 Å². The topological polar surface area (TPSA) is 36.9 Å². The van der Waals surface area contributed by atoms with Gasteiger partial charge in [0, 0.05) is 19.8 Å². The van der Waals surface area contributed by atoms with Gasteiger partial charge in [0.1, 0.15) is 23.3 Å². The third kappa shape index (κ3) is 7.26. The number of unbranched alkanes of at least 4 members (excludes halogenated alkanes) is 3. The van der Waals surface area contributed by atoms with E-state index in [9.17, 15) is 0 Å². The fourth-order valence-corrected chi connectivity index (χ4v) is 2.97. The van der Waals surface area contributed by atoms with E-state index in [1.54, 1.807) is 0 Å². The molecule has 132 valence electrons. The lowest BCUT2D eigenvalue weighted by Crippen LogP contribution is -2.54. The van der Waals surface area contributed by atoms with E-state index in [4.69, 9.17) is 18.9 Å². The Morgan fingerprint density at radius 2 is 1.32 bits per heavy atom. The quantitative estimate of drug-likeness (QED) is 0.373. The van der Waals surface area contributed by atoms with Crippen LogP contribution in [0.2, 0.25) is 0 Å². The normalized spacial score (nSPS) is 28.9. The van der Waals surface area contributed by atoms with Gasteiger partial charge < -0.3 is 18.9 Å². The van der Waals surface area contributed by atoms with Crippen LogP contribution in [0.5, 0.6) is 0 Å². The molecule has 4 nitrogen and oxygen atoms in total.